The average molecular weight is 344 g/mol. The van der Waals surface area contributed by atoms with Gasteiger partial charge in [0.15, 0.2) is 5.76 Å². The second kappa shape index (κ2) is 6.50. The van der Waals surface area contributed by atoms with Crippen molar-refractivity contribution in [2.24, 2.45) is 17.8 Å². The Morgan fingerprint density at radius 2 is 1.84 bits per heavy atom. The van der Waals surface area contributed by atoms with Gasteiger partial charge in [0.25, 0.3) is 5.91 Å². The van der Waals surface area contributed by atoms with Crippen molar-refractivity contribution < 1.29 is 14.0 Å². The Morgan fingerprint density at radius 1 is 1.20 bits per heavy atom. The molecule has 0 radical (unpaired) electrons. The van der Waals surface area contributed by atoms with E-state index in [0.29, 0.717) is 18.7 Å². The Hall–Kier alpha value is -1.78. The van der Waals surface area contributed by atoms with Gasteiger partial charge in [-0.3, -0.25) is 9.59 Å². The standard InChI is InChI=1S/C20H28N2O3/c1-2-22(18(23)5-6-21-19(24)17-4-3-7-25-17)20-11-14-8-15(12-20)10-16(9-14)13-20/h3-4,7,14-16H,2,5-6,8-13H2,1H3,(H,21,24). The highest BCUT2D eigenvalue weighted by molar-refractivity contribution is 5.91. The van der Waals surface area contributed by atoms with E-state index < -0.39 is 0 Å². The summed E-state index contributed by atoms with van der Waals surface area (Å²) in [6.07, 6.45) is 9.55. The molecule has 0 aromatic carbocycles. The van der Waals surface area contributed by atoms with Crippen LogP contribution in [-0.2, 0) is 4.79 Å². The summed E-state index contributed by atoms with van der Waals surface area (Å²) in [5, 5.41) is 2.79. The zero-order valence-corrected chi connectivity index (χ0v) is 15.0. The average Bonchev–Trinajstić information content (AvgIpc) is 3.08. The Bertz CT molecular complexity index is 602. The van der Waals surface area contributed by atoms with Gasteiger partial charge in [-0.25, -0.2) is 0 Å². The van der Waals surface area contributed by atoms with Crippen LogP contribution in [0.4, 0.5) is 0 Å². The van der Waals surface area contributed by atoms with E-state index in [2.05, 4.69) is 17.1 Å². The highest BCUT2D eigenvalue weighted by atomic mass is 16.3. The molecule has 0 unspecified atom stereocenters. The number of carbonyl (C=O) groups excluding carboxylic acids is 2. The number of rotatable bonds is 6. The normalized spacial score (nSPS) is 32.6. The minimum Gasteiger partial charge on any atom is -0.459 e. The van der Waals surface area contributed by atoms with Gasteiger partial charge in [-0.15, -0.1) is 0 Å². The summed E-state index contributed by atoms with van der Waals surface area (Å²) in [7, 11) is 0. The first-order chi connectivity index (χ1) is 12.1. The van der Waals surface area contributed by atoms with E-state index in [-0.39, 0.29) is 17.4 Å². The van der Waals surface area contributed by atoms with Crippen LogP contribution in [0.15, 0.2) is 22.8 Å². The summed E-state index contributed by atoms with van der Waals surface area (Å²) in [5.41, 5.74) is 0.103. The number of hydrogen-bond acceptors (Lipinski definition) is 3. The molecule has 5 heteroatoms. The van der Waals surface area contributed by atoms with Gasteiger partial charge >= 0.3 is 0 Å². The topological polar surface area (TPSA) is 62.6 Å². The molecule has 5 nitrogen and oxygen atoms in total. The molecule has 0 spiro atoms. The lowest BCUT2D eigenvalue weighted by atomic mass is 9.52. The summed E-state index contributed by atoms with van der Waals surface area (Å²) in [6, 6.07) is 3.32. The van der Waals surface area contributed by atoms with Gasteiger partial charge in [-0.2, -0.15) is 0 Å². The maximum atomic E-state index is 12.9. The summed E-state index contributed by atoms with van der Waals surface area (Å²) < 4.78 is 5.08. The van der Waals surface area contributed by atoms with Gasteiger partial charge < -0.3 is 14.6 Å². The Labute approximate surface area is 149 Å². The molecule has 4 fully saturated rings. The first kappa shape index (κ1) is 16.7. The minimum absolute atomic E-state index is 0.103. The van der Waals surface area contributed by atoms with Crippen LogP contribution in [0.1, 0.15) is 62.4 Å². The van der Waals surface area contributed by atoms with Crippen LogP contribution >= 0.6 is 0 Å². The van der Waals surface area contributed by atoms with Crippen LogP contribution in [0.3, 0.4) is 0 Å². The van der Waals surface area contributed by atoms with Gasteiger partial charge in [0, 0.05) is 25.0 Å². The number of hydrogen-bond donors (Lipinski definition) is 1. The van der Waals surface area contributed by atoms with Crippen molar-refractivity contribution in [1.82, 2.24) is 10.2 Å². The van der Waals surface area contributed by atoms with E-state index in [1.807, 2.05) is 0 Å². The van der Waals surface area contributed by atoms with Gasteiger partial charge in [0.2, 0.25) is 5.91 Å². The summed E-state index contributed by atoms with van der Waals surface area (Å²) >= 11 is 0. The lowest BCUT2D eigenvalue weighted by Crippen LogP contribution is -2.61. The highest BCUT2D eigenvalue weighted by Crippen LogP contribution is 2.57. The Balaban J connectivity index is 1.36. The Kier molecular flexibility index (Phi) is 4.34. The van der Waals surface area contributed by atoms with Crippen molar-refractivity contribution in [2.75, 3.05) is 13.1 Å². The van der Waals surface area contributed by atoms with Crippen LogP contribution in [0, 0.1) is 17.8 Å². The maximum absolute atomic E-state index is 12.9. The summed E-state index contributed by atoms with van der Waals surface area (Å²) in [5.74, 6) is 2.70. The molecule has 4 saturated carbocycles. The molecule has 1 N–H and O–H groups in total. The summed E-state index contributed by atoms with van der Waals surface area (Å²) in [6.45, 7) is 3.23. The molecular formula is C20H28N2O3. The molecular weight excluding hydrogens is 316 g/mol. The molecule has 136 valence electrons. The van der Waals surface area contributed by atoms with Crippen molar-refractivity contribution in [3.8, 4) is 0 Å². The summed E-state index contributed by atoms with van der Waals surface area (Å²) in [4.78, 5) is 27.0. The van der Waals surface area contributed by atoms with Crippen LogP contribution in [0.2, 0.25) is 0 Å². The largest absolute Gasteiger partial charge is 0.459 e. The first-order valence-electron chi connectivity index (χ1n) is 9.72. The van der Waals surface area contributed by atoms with Gasteiger partial charge in [0.1, 0.15) is 0 Å². The minimum atomic E-state index is -0.254. The number of nitrogens with zero attached hydrogens (tertiary/aromatic N) is 1. The van der Waals surface area contributed by atoms with Crippen molar-refractivity contribution in [3.63, 3.8) is 0 Å². The van der Waals surface area contributed by atoms with Crippen molar-refractivity contribution in [1.29, 1.82) is 0 Å². The van der Waals surface area contributed by atoms with Crippen LogP contribution in [0.5, 0.6) is 0 Å². The quantitative estimate of drug-likeness (QED) is 0.862. The van der Waals surface area contributed by atoms with Crippen LogP contribution in [-0.4, -0.2) is 35.3 Å². The maximum Gasteiger partial charge on any atom is 0.286 e. The second-order valence-corrected chi connectivity index (χ2v) is 8.26. The molecule has 25 heavy (non-hydrogen) atoms. The molecule has 1 heterocycles. The molecule has 4 aliphatic carbocycles. The first-order valence-corrected chi connectivity index (χ1v) is 9.72. The lowest BCUT2D eigenvalue weighted by Gasteiger charge is -2.60. The third-order valence-electron chi connectivity index (χ3n) is 6.57. The predicted molar refractivity (Wildman–Crippen MR) is 93.9 cm³/mol. The number of carbonyl (C=O) groups is 2. The molecule has 4 bridgehead atoms. The fraction of sp³-hybridized carbons (Fsp3) is 0.700. The zero-order valence-electron chi connectivity index (χ0n) is 15.0. The molecule has 4 aliphatic rings. The molecule has 1 aromatic heterocycles. The zero-order chi connectivity index (χ0) is 17.4. The molecule has 1 aromatic rings. The van der Waals surface area contributed by atoms with E-state index in [1.165, 1.54) is 44.8 Å². The van der Waals surface area contributed by atoms with Crippen molar-refractivity contribution >= 4 is 11.8 Å². The van der Waals surface area contributed by atoms with Gasteiger partial charge in [-0.1, -0.05) is 0 Å². The van der Waals surface area contributed by atoms with Crippen molar-refractivity contribution in [2.45, 2.75) is 57.4 Å². The van der Waals surface area contributed by atoms with Gasteiger partial charge in [-0.05, 0) is 75.3 Å². The fourth-order valence-electron chi connectivity index (χ4n) is 6.08. The predicted octanol–water partition coefficient (Wildman–Crippen LogP) is 3.22. The molecule has 0 saturated heterocycles. The molecule has 5 rings (SSSR count). The van der Waals surface area contributed by atoms with E-state index in [9.17, 15) is 9.59 Å². The SMILES string of the molecule is CCN(C(=O)CCNC(=O)c1ccco1)C12CC3CC(CC(C3)C1)C2. The third kappa shape index (κ3) is 3.09. The molecule has 0 aliphatic heterocycles. The highest BCUT2D eigenvalue weighted by Gasteiger charge is 2.54. The molecule has 2 amide bonds. The second-order valence-electron chi connectivity index (χ2n) is 8.26. The fourth-order valence-corrected chi connectivity index (χ4v) is 6.08. The van der Waals surface area contributed by atoms with Crippen LogP contribution < -0.4 is 5.32 Å². The number of amides is 2. The van der Waals surface area contributed by atoms with Crippen molar-refractivity contribution in [3.05, 3.63) is 24.2 Å². The van der Waals surface area contributed by atoms with E-state index >= 15 is 0 Å². The Morgan fingerprint density at radius 3 is 2.36 bits per heavy atom. The van der Waals surface area contributed by atoms with E-state index in [0.717, 1.165) is 24.3 Å². The van der Waals surface area contributed by atoms with E-state index in [1.54, 1.807) is 12.1 Å². The van der Waals surface area contributed by atoms with E-state index in [4.69, 9.17) is 4.42 Å². The number of furan rings is 1. The lowest BCUT2D eigenvalue weighted by molar-refractivity contribution is -0.150. The number of nitrogens with one attached hydrogen (secondary N) is 1. The monoisotopic (exact) mass is 344 g/mol. The third-order valence-corrected chi connectivity index (χ3v) is 6.57. The van der Waals surface area contributed by atoms with Gasteiger partial charge in [0.05, 0.1) is 6.26 Å². The van der Waals surface area contributed by atoms with Crippen LogP contribution in [0.25, 0.3) is 0 Å². The molecule has 0 atom stereocenters. The smallest absolute Gasteiger partial charge is 0.286 e.